The SMILES string of the molecule is Cc1ccc(C=NNC(=O)CN(c2ccccc2C)S(=O)(=O)c2ccc(C)cc2)cc1. The molecule has 3 aromatic rings. The Morgan fingerprint density at radius 3 is 2.10 bits per heavy atom. The molecule has 0 bridgehead atoms. The molecular formula is C24H25N3O3S. The summed E-state index contributed by atoms with van der Waals surface area (Å²) in [7, 11) is -3.95. The number of benzene rings is 3. The fourth-order valence-electron chi connectivity index (χ4n) is 2.98. The molecule has 0 saturated heterocycles. The summed E-state index contributed by atoms with van der Waals surface area (Å²) in [5, 5.41) is 3.96. The number of carbonyl (C=O) groups is 1. The summed E-state index contributed by atoms with van der Waals surface area (Å²) in [5.74, 6) is -0.540. The Hall–Kier alpha value is -3.45. The molecule has 7 heteroatoms. The van der Waals surface area contributed by atoms with Crippen LogP contribution < -0.4 is 9.73 Å². The smallest absolute Gasteiger partial charge is 0.264 e. The third-order valence-electron chi connectivity index (χ3n) is 4.76. The van der Waals surface area contributed by atoms with Gasteiger partial charge < -0.3 is 0 Å². The number of hydrogen-bond acceptors (Lipinski definition) is 4. The summed E-state index contributed by atoms with van der Waals surface area (Å²) in [5.41, 5.74) is 6.51. The van der Waals surface area contributed by atoms with Crippen molar-refractivity contribution in [2.75, 3.05) is 10.8 Å². The van der Waals surface area contributed by atoms with Crippen LogP contribution in [0.1, 0.15) is 22.3 Å². The third kappa shape index (κ3) is 5.58. The normalized spacial score (nSPS) is 11.5. The van der Waals surface area contributed by atoms with Gasteiger partial charge in [0.05, 0.1) is 16.8 Å². The second-order valence-corrected chi connectivity index (χ2v) is 9.18. The van der Waals surface area contributed by atoms with Gasteiger partial charge in [0, 0.05) is 0 Å². The topological polar surface area (TPSA) is 78.8 Å². The van der Waals surface area contributed by atoms with Crippen molar-refractivity contribution in [3.63, 3.8) is 0 Å². The molecule has 0 unspecified atom stereocenters. The summed E-state index contributed by atoms with van der Waals surface area (Å²) in [6.45, 7) is 5.28. The number of rotatable bonds is 7. The molecule has 0 fully saturated rings. The molecule has 0 radical (unpaired) electrons. The van der Waals surface area contributed by atoms with Gasteiger partial charge in [-0.1, -0.05) is 65.7 Å². The van der Waals surface area contributed by atoms with Gasteiger partial charge in [-0.05, 0) is 50.1 Å². The number of nitrogens with one attached hydrogen (secondary N) is 1. The van der Waals surface area contributed by atoms with Crippen LogP contribution in [0.25, 0.3) is 0 Å². The zero-order valence-electron chi connectivity index (χ0n) is 17.7. The minimum Gasteiger partial charge on any atom is -0.271 e. The number of hydrogen-bond donors (Lipinski definition) is 1. The summed E-state index contributed by atoms with van der Waals surface area (Å²) in [6, 6.07) is 21.3. The lowest BCUT2D eigenvalue weighted by Gasteiger charge is -2.25. The van der Waals surface area contributed by atoms with E-state index in [1.165, 1.54) is 6.21 Å². The molecule has 31 heavy (non-hydrogen) atoms. The molecule has 1 N–H and O–H groups in total. The van der Waals surface area contributed by atoms with E-state index in [-0.39, 0.29) is 4.90 Å². The lowest BCUT2D eigenvalue weighted by Crippen LogP contribution is -2.40. The maximum absolute atomic E-state index is 13.4. The van der Waals surface area contributed by atoms with Gasteiger partial charge in [-0.3, -0.25) is 9.10 Å². The van der Waals surface area contributed by atoms with E-state index in [4.69, 9.17) is 0 Å². The number of aryl methyl sites for hydroxylation is 3. The Bertz CT molecular complexity index is 1190. The summed E-state index contributed by atoms with van der Waals surface area (Å²) < 4.78 is 27.8. The molecule has 0 aliphatic heterocycles. The molecular weight excluding hydrogens is 410 g/mol. The van der Waals surface area contributed by atoms with Crippen molar-refractivity contribution in [1.29, 1.82) is 0 Å². The highest BCUT2D eigenvalue weighted by atomic mass is 32.2. The molecule has 3 rings (SSSR count). The number of anilines is 1. The number of amides is 1. The molecule has 0 spiro atoms. The summed E-state index contributed by atoms with van der Waals surface area (Å²) >= 11 is 0. The second-order valence-electron chi connectivity index (χ2n) is 7.32. The highest BCUT2D eigenvalue weighted by molar-refractivity contribution is 7.92. The van der Waals surface area contributed by atoms with Crippen LogP contribution in [-0.2, 0) is 14.8 Å². The largest absolute Gasteiger partial charge is 0.271 e. The predicted octanol–water partition coefficient (Wildman–Crippen LogP) is 3.96. The van der Waals surface area contributed by atoms with Gasteiger partial charge >= 0.3 is 0 Å². The standard InChI is InChI=1S/C24H25N3O3S/c1-18-8-12-21(13-9-18)16-25-26-24(28)17-27(23-7-5-4-6-20(23)3)31(29,30)22-14-10-19(2)11-15-22/h4-16H,17H2,1-3H3,(H,26,28). The lowest BCUT2D eigenvalue weighted by molar-refractivity contribution is -0.119. The minimum atomic E-state index is -3.95. The van der Waals surface area contributed by atoms with Gasteiger partial charge in [-0.15, -0.1) is 0 Å². The highest BCUT2D eigenvalue weighted by Crippen LogP contribution is 2.26. The Labute approximate surface area is 183 Å². The van der Waals surface area contributed by atoms with Gasteiger partial charge in [0.15, 0.2) is 0 Å². The average molecular weight is 436 g/mol. The zero-order chi connectivity index (χ0) is 22.4. The van der Waals surface area contributed by atoms with Gasteiger partial charge in [-0.25, -0.2) is 13.8 Å². The number of hydrazone groups is 1. The Morgan fingerprint density at radius 1 is 0.903 bits per heavy atom. The molecule has 0 aliphatic rings. The summed E-state index contributed by atoms with van der Waals surface area (Å²) in [4.78, 5) is 12.7. The quantitative estimate of drug-likeness (QED) is 0.451. The van der Waals surface area contributed by atoms with Crippen molar-refractivity contribution >= 4 is 27.8 Å². The van der Waals surface area contributed by atoms with Crippen molar-refractivity contribution in [1.82, 2.24) is 5.43 Å². The second kappa shape index (κ2) is 9.57. The average Bonchev–Trinajstić information content (AvgIpc) is 2.74. The first kappa shape index (κ1) is 22.2. The molecule has 160 valence electrons. The molecule has 0 aliphatic carbocycles. The van der Waals surface area contributed by atoms with Gasteiger partial charge in [-0.2, -0.15) is 5.10 Å². The first-order valence-electron chi connectivity index (χ1n) is 9.81. The van der Waals surface area contributed by atoms with Crippen LogP contribution in [0.5, 0.6) is 0 Å². The number of para-hydroxylation sites is 1. The first-order chi connectivity index (χ1) is 14.8. The molecule has 1 amide bonds. The maximum atomic E-state index is 13.4. The van der Waals surface area contributed by atoms with Crippen molar-refractivity contribution in [3.05, 3.63) is 95.1 Å². The van der Waals surface area contributed by atoms with Gasteiger partial charge in [0.2, 0.25) is 0 Å². The number of carbonyl (C=O) groups excluding carboxylic acids is 1. The number of nitrogens with zero attached hydrogens (tertiary/aromatic N) is 2. The molecule has 0 atom stereocenters. The Morgan fingerprint density at radius 2 is 1.48 bits per heavy atom. The molecule has 6 nitrogen and oxygen atoms in total. The van der Waals surface area contributed by atoms with Crippen molar-refractivity contribution in [3.8, 4) is 0 Å². The minimum absolute atomic E-state index is 0.123. The van der Waals surface area contributed by atoms with Crippen molar-refractivity contribution in [2.24, 2.45) is 5.10 Å². The Kier molecular flexibility index (Phi) is 6.87. The molecule has 0 aromatic heterocycles. The van der Waals surface area contributed by atoms with Crippen LogP contribution in [0, 0.1) is 20.8 Å². The fraction of sp³-hybridized carbons (Fsp3) is 0.167. The van der Waals surface area contributed by atoms with Crippen molar-refractivity contribution < 1.29 is 13.2 Å². The van der Waals surface area contributed by atoms with Gasteiger partial charge in [0.25, 0.3) is 15.9 Å². The Balaban J connectivity index is 1.85. The lowest BCUT2D eigenvalue weighted by atomic mass is 10.2. The fourth-order valence-corrected chi connectivity index (χ4v) is 4.46. The van der Waals surface area contributed by atoms with E-state index in [1.54, 1.807) is 49.4 Å². The van der Waals surface area contributed by atoms with E-state index in [0.717, 1.165) is 26.6 Å². The van der Waals surface area contributed by atoms with Gasteiger partial charge in [0.1, 0.15) is 6.54 Å². The van der Waals surface area contributed by atoms with E-state index < -0.39 is 22.5 Å². The van der Waals surface area contributed by atoms with Crippen LogP contribution in [0.4, 0.5) is 5.69 Å². The van der Waals surface area contributed by atoms with Crippen LogP contribution in [0.3, 0.4) is 0 Å². The van der Waals surface area contributed by atoms with Crippen molar-refractivity contribution in [2.45, 2.75) is 25.7 Å². The summed E-state index contributed by atoms with van der Waals surface area (Å²) in [6.07, 6.45) is 1.52. The van der Waals surface area contributed by atoms with Crippen LogP contribution in [-0.4, -0.2) is 27.1 Å². The monoisotopic (exact) mass is 435 g/mol. The molecule has 0 heterocycles. The third-order valence-corrected chi connectivity index (χ3v) is 6.53. The molecule has 0 saturated carbocycles. The first-order valence-corrected chi connectivity index (χ1v) is 11.2. The van der Waals surface area contributed by atoms with Crippen LogP contribution >= 0.6 is 0 Å². The highest BCUT2D eigenvalue weighted by Gasteiger charge is 2.28. The van der Waals surface area contributed by atoms with E-state index in [0.29, 0.717) is 5.69 Å². The van der Waals surface area contributed by atoms with E-state index in [1.807, 2.05) is 44.2 Å². The van der Waals surface area contributed by atoms with E-state index in [2.05, 4.69) is 10.5 Å². The zero-order valence-corrected chi connectivity index (χ0v) is 18.6. The van der Waals surface area contributed by atoms with Crippen LogP contribution in [0.15, 0.2) is 82.8 Å². The maximum Gasteiger partial charge on any atom is 0.264 e. The van der Waals surface area contributed by atoms with E-state index >= 15 is 0 Å². The number of sulfonamides is 1. The van der Waals surface area contributed by atoms with E-state index in [9.17, 15) is 13.2 Å². The molecule has 3 aromatic carbocycles. The predicted molar refractivity (Wildman–Crippen MR) is 124 cm³/mol. The van der Waals surface area contributed by atoms with Crippen LogP contribution in [0.2, 0.25) is 0 Å².